The maximum Gasteiger partial charge on any atom is 0.240 e. The van der Waals surface area contributed by atoms with Crippen LogP contribution in [0.15, 0.2) is 4.52 Å². The fourth-order valence-electron chi connectivity index (χ4n) is 2.61. The van der Waals surface area contributed by atoms with Gasteiger partial charge in [0.05, 0.1) is 6.54 Å². The SMILES string of the molecule is CCc1noc(CN(C)C2CCC(CO)CC2)n1. The minimum Gasteiger partial charge on any atom is -0.396 e. The highest BCUT2D eigenvalue weighted by molar-refractivity contribution is 4.87. The summed E-state index contributed by atoms with van der Waals surface area (Å²) >= 11 is 0. The zero-order chi connectivity index (χ0) is 13.0. The smallest absolute Gasteiger partial charge is 0.240 e. The zero-order valence-corrected chi connectivity index (χ0v) is 11.3. The Hall–Kier alpha value is -0.940. The molecule has 1 aliphatic carbocycles. The minimum absolute atomic E-state index is 0.333. The summed E-state index contributed by atoms with van der Waals surface area (Å²) in [6.45, 7) is 3.08. The van der Waals surface area contributed by atoms with Crippen LogP contribution in [-0.4, -0.2) is 39.8 Å². The van der Waals surface area contributed by atoms with Crippen molar-refractivity contribution >= 4 is 0 Å². The summed E-state index contributed by atoms with van der Waals surface area (Å²) in [5.74, 6) is 1.99. The number of aliphatic hydroxyl groups excluding tert-OH is 1. The van der Waals surface area contributed by atoms with Crippen LogP contribution in [0.25, 0.3) is 0 Å². The lowest BCUT2D eigenvalue weighted by Gasteiger charge is -2.33. The molecule has 0 amide bonds. The summed E-state index contributed by atoms with van der Waals surface area (Å²) < 4.78 is 5.22. The number of aromatic nitrogens is 2. The Morgan fingerprint density at radius 1 is 1.33 bits per heavy atom. The van der Waals surface area contributed by atoms with Gasteiger partial charge in [-0.25, -0.2) is 0 Å². The van der Waals surface area contributed by atoms with E-state index in [9.17, 15) is 0 Å². The quantitative estimate of drug-likeness (QED) is 0.864. The van der Waals surface area contributed by atoms with Crippen LogP contribution in [-0.2, 0) is 13.0 Å². The molecule has 0 radical (unpaired) electrons. The summed E-state index contributed by atoms with van der Waals surface area (Å²) in [6.07, 6.45) is 5.35. The Bertz CT molecular complexity index is 359. The largest absolute Gasteiger partial charge is 0.396 e. The van der Waals surface area contributed by atoms with E-state index in [0.29, 0.717) is 24.5 Å². The third kappa shape index (κ3) is 3.29. The van der Waals surface area contributed by atoms with Gasteiger partial charge in [0.2, 0.25) is 5.89 Å². The summed E-state index contributed by atoms with van der Waals surface area (Å²) in [4.78, 5) is 6.63. The summed E-state index contributed by atoms with van der Waals surface area (Å²) in [6, 6.07) is 0.574. The molecule has 0 unspecified atom stereocenters. The van der Waals surface area contributed by atoms with Crippen LogP contribution in [0.5, 0.6) is 0 Å². The molecule has 1 aliphatic rings. The lowest BCUT2D eigenvalue weighted by molar-refractivity contribution is 0.116. The zero-order valence-electron chi connectivity index (χ0n) is 11.3. The van der Waals surface area contributed by atoms with E-state index in [4.69, 9.17) is 9.63 Å². The van der Waals surface area contributed by atoms with Crippen LogP contribution in [0, 0.1) is 5.92 Å². The Labute approximate surface area is 108 Å². The van der Waals surface area contributed by atoms with Crippen molar-refractivity contribution < 1.29 is 9.63 Å². The topological polar surface area (TPSA) is 62.4 Å². The summed E-state index contributed by atoms with van der Waals surface area (Å²) in [5, 5.41) is 13.0. The normalized spacial score (nSPS) is 24.7. The van der Waals surface area contributed by atoms with Crippen LogP contribution >= 0.6 is 0 Å². The van der Waals surface area contributed by atoms with Crippen LogP contribution in [0.2, 0.25) is 0 Å². The van der Waals surface area contributed by atoms with Crippen LogP contribution in [0.1, 0.15) is 44.3 Å². The molecule has 1 aromatic heterocycles. The van der Waals surface area contributed by atoms with E-state index in [0.717, 1.165) is 44.5 Å². The Morgan fingerprint density at radius 2 is 2.06 bits per heavy atom. The summed E-state index contributed by atoms with van der Waals surface area (Å²) in [5.41, 5.74) is 0. The number of hydrogen-bond donors (Lipinski definition) is 1. The third-order valence-electron chi connectivity index (χ3n) is 3.91. The predicted octanol–water partition coefficient (Wildman–Crippen LogP) is 1.61. The van der Waals surface area contributed by atoms with Gasteiger partial charge < -0.3 is 9.63 Å². The summed E-state index contributed by atoms with van der Waals surface area (Å²) in [7, 11) is 2.11. The van der Waals surface area contributed by atoms with Gasteiger partial charge in [0.15, 0.2) is 5.82 Å². The molecule has 0 aromatic carbocycles. The maximum atomic E-state index is 9.13. The Balaban J connectivity index is 1.82. The molecule has 1 aromatic rings. The molecule has 102 valence electrons. The van der Waals surface area contributed by atoms with Crippen molar-refractivity contribution in [2.24, 2.45) is 5.92 Å². The molecule has 18 heavy (non-hydrogen) atoms. The van der Waals surface area contributed by atoms with Crippen LogP contribution in [0.3, 0.4) is 0 Å². The molecular formula is C13H23N3O2. The molecule has 0 atom stereocenters. The number of aliphatic hydroxyl groups is 1. The lowest BCUT2D eigenvalue weighted by Crippen LogP contribution is -2.35. The standard InChI is InChI=1S/C13H23N3O2/c1-3-12-14-13(18-15-12)8-16(2)11-6-4-10(9-17)5-7-11/h10-11,17H,3-9H2,1-2H3. The van der Waals surface area contributed by atoms with E-state index in [-0.39, 0.29) is 0 Å². The van der Waals surface area contributed by atoms with Crippen molar-refractivity contribution in [2.75, 3.05) is 13.7 Å². The van der Waals surface area contributed by atoms with Crippen LogP contribution < -0.4 is 0 Å². The second kappa shape index (κ2) is 6.29. The van der Waals surface area contributed by atoms with Gasteiger partial charge in [-0.3, -0.25) is 4.90 Å². The molecule has 5 heteroatoms. The highest BCUT2D eigenvalue weighted by atomic mass is 16.5. The van der Waals surface area contributed by atoms with Crippen molar-refractivity contribution in [3.8, 4) is 0 Å². The molecule has 0 spiro atoms. The third-order valence-corrected chi connectivity index (χ3v) is 3.91. The number of aryl methyl sites for hydroxylation is 1. The number of nitrogens with zero attached hydrogens (tertiary/aromatic N) is 3. The molecule has 0 bridgehead atoms. The monoisotopic (exact) mass is 253 g/mol. The maximum absolute atomic E-state index is 9.13. The van der Waals surface area contributed by atoms with E-state index in [1.807, 2.05) is 6.92 Å². The molecule has 2 rings (SSSR count). The molecule has 1 saturated carbocycles. The fraction of sp³-hybridized carbons (Fsp3) is 0.846. The lowest BCUT2D eigenvalue weighted by atomic mass is 9.86. The predicted molar refractivity (Wildman–Crippen MR) is 68.0 cm³/mol. The Kier molecular flexibility index (Phi) is 4.72. The average molecular weight is 253 g/mol. The molecule has 0 aliphatic heterocycles. The van der Waals surface area contributed by atoms with Gasteiger partial charge >= 0.3 is 0 Å². The van der Waals surface area contributed by atoms with Gasteiger partial charge in [-0.2, -0.15) is 4.98 Å². The van der Waals surface area contributed by atoms with Gasteiger partial charge in [0.1, 0.15) is 0 Å². The van der Waals surface area contributed by atoms with Gasteiger partial charge in [0.25, 0.3) is 0 Å². The van der Waals surface area contributed by atoms with Crippen molar-refractivity contribution in [1.82, 2.24) is 15.0 Å². The van der Waals surface area contributed by atoms with E-state index < -0.39 is 0 Å². The van der Waals surface area contributed by atoms with Gasteiger partial charge in [-0.1, -0.05) is 12.1 Å². The van der Waals surface area contributed by atoms with E-state index in [1.54, 1.807) is 0 Å². The number of hydrogen-bond acceptors (Lipinski definition) is 5. The van der Waals surface area contributed by atoms with E-state index in [1.165, 1.54) is 0 Å². The molecule has 1 N–H and O–H groups in total. The highest BCUT2D eigenvalue weighted by Crippen LogP contribution is 2.27. The average Bonchev–Trinajstić information content (AvgIpc) is 2.86. The fourth-order valence-corrected chi connectivity index (χ4v) is 2.61. The second-order valence-corrected chi connectivity index (χ2v) is 5.23. The van der Waals surface area contributed by atoms with Crippen molar-refractivity contribution in [3.05, 3.63) is 11.7 Å². The van der Waals surface area contributed by atoms with Crippen molar-refractivity contribution in [3.63, 3.8) is 0 Å². The Morgan fingerprint density at radius 3 is 2.61 bits per heavy atom. The second-order valence-electron chi connectivity index (χ2n) is 5.23. The van der Waals surface area contributed by atoms with Crippen molar-refractivity contribution in [1.29, 1.82) is 0 Å². The first kappa shape index (κ1) is 13.5. The molecule has 0 saturated heterocycles. The molecule has 1 heterocycles. The first-order valence-corrected chi connectivity index (χ1v) is 6.85. The highest BCUT2D eigenvalue weighted by Gasteiger charge is 2.24. The van der Waals surface area contributed by atoms with E-state index >= 15 is 0 Å². The molecule has 5 nitrogen and oxygen atoms in total. The van der Waals surface area contributed by atoms with Gasteiger partial charge in [0, 0.05) is 19.1 Å². The molecular weight excluding hydrogens is 230 g/mol. The van der Waals surface area contributed by atoms with Gasteiger partial charge in [-0.05, 0) is 38.6 Å². The number of rotatable bonds is 5. The van der Waals surface area contributed by atoms with E-state index in [2.05, 4.69) is 22.1 Å². The first-order valence-electron chi connectivity index (χ1n) is 6.85. The van der Waals surface area contributed by atoms with Crippen molar-refractivity contribution in [2.45, 2.75) is 51.6 Å². The first-order chi connectivity index (χ1) is 8.72. The minimum atomic E-state index is 0.333. The molecule has 1 fully saturated rings. The van der Waals surface area contributed by atoms with Crippen LogP contribution in [0.4, 0.5) is 0 Å². The van der Waals surface area contributed by atoms with Gasteiger partial charge in [-0.15, -0.1) is 0 Å².